The predicted molar refractivity (Wildman–Crippen MR) is 74.0 cm³/mol. The SMILES string of the molecule is CNc1ccc(C(=O)NCCN2CCCC2)cc1. The van der Waals surface area contributed by atoms with E-state index in [9.17, 15) is 4.79 Å². The summed E-state index contributed by atoms with van der Waals surface area (Å²) >= 11 is 0. The molecule has 98 valence electrons. The number of nitrogens with zero attached hydrogens (tertiary/aromatic N) is 1. The molecule has 1 saturated heterocycles. The Morgan fingerprint density at radius 3 is 2.50 bits per heavy atom. The van der Waals surface area contributed by atoms with Gasteiger partial charge in [-0.05, 0) is 50.2 Å². The Balaban J connectivity index is 1.76. The summed E-state index contributed by atoms with van der Waals surface area (Å²) in [5.41, 5.74) is 1.74. The lowest BCUT2D eigenvalue weighted by molar-refractivity contribution is 0.0950. The van der Waals surface area contributed by atoms with E-state index in [0.717, 1.165) is 24.3 Å². The molecule has 0 unspecified atom stereocenters. The van der Waals surface area contributed by atoms with E-state index in [1.54, 1.807) is 0 Å². The first-order valence-corrected chi connectivity index (χ1v) is 6.58. The zero-order chi connectivity index (χ0) is 12.8. The van der Waals surface area contributed by atoms with Gasteiger partial charge in [-0.25, -0.2) is 0 Å². The Kier molecular flexibility index (Phi) is 4.59. The Labute approximate surface area is 108 Å². The highest BCUT2D eigenvalue weighted by Gasteiger charge is 2.11. The molecule has 4 nitrogen and oxygen atoms in total. The first-order valence-electron chi connectivity index (χ1n) is 6.58. The number of carbonyl (C=O) groups excluding carboxylic acids is 1. The largest absolute Gasteiger partial charge is 0.388 e. The number of hydrogen-bond donors (Lipinski definition) is 2. The van der Waals surface area contributed by atoms with E-state index in [1.165, 1.54) is 25.9 Å². The molecule has 4 heteroatoms. The maximum Gasteiger partial charge on any atom is 0.251 e. The van der Waals surface area contributed by atoms with Gasteiger partial charge in [0, 0.05) is 31.4 Å². The summed E-state index contributed by atoms with van der Waals surface area (Å²) in [7, 11) is 1.87. The van der Waals surface area contributed by atoms with Crippen LogP contribution in [0.4, 0.5) is 5.69 Å². The zero-order valence-electron chi connectivity index (χ0n) is 10.9. The fourth-order valence-corrected chi connectivity index (χ4v) is 2.22. The van der Waals surface area contributed by atoms with Crippen LogP contribution in [0.3, 0.4) is 0 Å². The first kappa shape index (κ1) is 12.9. The van der Waals surface area contributed by atoms with Crippen LogP contribution < -0.4 is 10.6 Å². The molecule has 1 heterocycles. The molecule has 0 aliphatic carbocycles. The molecular weight excluding hydrogens is 226 g/mol. The van der Waals surface area contributed by atoms with Crippen LogP contribution in [-0.2, 0) is 0 Å². The van der Waals surface area contributed by atoms with Gasteiger partial charge in [-0.1, -0.05) is 0 Å². The second kappa shape index (κ2) is 6.40. The fourth-order valence-electron chi connectivity index (χ4n) is 2.22. The molecule has 2 rings (SSSR count). The predicted octanol–water partition coefficient (Wildman–Crippen LogP) is 1.55. The smallest absolute Gasteiger partial charge is 0.251 e. The molecule has 1 fully saturated rings. The van der Waals surface area contributed by atoms with Crippen LogP contribution in [0.25, 0.3) is 0 Å². The van der Waals surface area contributed by atoms with Crippen LogP contribution >= 0.6 is 0 Å². The van der Waals surface area contributed by atoms with Crippen molar-refractivity contribution in [2.75, 3.05) is 38.5 Å². The number of carbonyl (C=O) groups is 1. The topological polar surface area (TPSA) is 44.4 Å². The highest BCUT2D eigenvalue weighted by atomic mass is 16.1. The summed E-state index contributed by atoms with van der Waals surface area (Å²) < 4.78 is 0. The number of anilines is 1. The molecule has 1 amide bonds. The summed E-state index contributed by atoms with van der Waals surface area (Å²) in [6, 6.07) is 7.51. The average Bonchev–Trinajstić information content (AvgIpc) is 2.92. The molecule has 0 radical (unpaired) electrons. The minimum atomic E-state index is 0.0110. The van der Waals surface area contributed by atoms with E-state index >= 15 is 0 Å². The van der Waals surface area contributed by atoms with Crippen LogP contribution in [0.15, 0.2) is 24.3 Å². The number of hydrogen-bond acceptors (Lipinski definition) is 3. The van der Waals surface area contributed by atoms with Crippen LogP contribution in [-0.4, -0.2) is 44.0 Å². The molecule has 18 heavy (non-hydrogen) atoms. The molecule has 2 N–H and O–H groups in total. The van der Waals surface area contributed by atoms with Crippen molar-refractivity contribution in [3.05, 3.63) is 29.8 Å². The molecule has 0 spiro atoms. The average molecular weight is 247 g/mol. The van der Waals surface area contributed by atoms with Crippen molar-refractivity contribution in [2.45, 2.75) is 12.8 Å². The quantitative estimate of drug-likeness (QED) is 0.830. The van der Waals surface area contributed by atoms with Gasteiger partial charge in [-0.3, -0.25) is 4.79 Å². The zero-order valence-corrected chi connectivity index (χ0v) is 10.9. The van der Waals surface area contributed by atoms with E-state index in [0.29, 0.717) is 0 Å². The molecule has 0 aromatic heterocycles. The van der Waals surface area contributed by atoms with Crippen LogP contribution in [0.1, 0.15) is 23.2 Å². The third-order valence-corrected chi connectivity index (χ3v) is 3.35. The van der Waals surface area contributed by atoms with Crippen molar-refractivity contribution in [3.63, 3.8) is 0 Å². The van der Waals surface area contributed by atoms with Crippen molar-refractivity contribution < 1.29 is 4.79 Å². The van der Waals surface area contributed by atoms with Gasteiger partial charge in [-0.15, -0.1) is 0 Å². The molecule has 1 aliphatic heterocycles. The van der Waals surface area contributed by atoms with Crippen molar-refractivity contribution in [1.82, 2.24) is 10.2 Å². The van der Waals surface area contributed by atoms with E-state index < -0.39 is 0 Å². The highest BCUT2D eigenvalue weighted by Crippen LogP contribution is 2.08. The summed E-state index contributed by atoms with van der Waals surface area (Å²) in [5.74, 6) is 0.0110. The molecule has 0 bridgehead atoms. The summed E-state index contributed by atoms with van der Waals surface area (Å²) in [4.78, 5) is 14.3. The Morgan fingerprint density at radius 2 is 1.89 bits per heavy atom. The van der Waals surface area contributed by atoms with Crippen molar-refractivity contribution in [3.8, 4) is 0 Å². The van der Waals surface area contributed by atoms with Crippen molar-refractivity contribution >= 4 is 11.6 Å². The van der Waals surface area contributed by atoms with E-state index in [2.05, 4.69) is 15.5 Å². The lowest BCUT2D eigenvalue weighted by Crippen LogP contribution is -2.33. The van der Waals surface area contributed by atoms with Crippen LogP contribution in [0.5, 0.6) is 0 Å². The van der Waals surface area contributed by atoms with Gasteiger partial charge >= 0.3 is 0 Å². The summed E-state index contributed by atoms with van der Waals surface area (Å²) in [6.07, 6.45) is 2.58. The van der Waals surface area contributed by atoms with Gasteiger partial charge in [0.25, 0.3) is 5.91 Å². The second-order valence-corrected chi connectivity index (χ2v) is 4.63. The maximum absolute atomic E-state index is 11.9. The summed E-state index contributed by atoms with van der Waals surface area (Å²) in [6.45, 7) is 4.03. The normalized spacial score (nSPS) is 15.6. The maximum atomic E-state index is 11.9. The molecule has 1 aromatic carbocycles. The molecule has 1 aliphatic rings. The number of amides is 1. The van der Waals surface area contributed by atoms with E-state index in [-0.39, 0.29) is 5.91 Å². The standard InChI is InChI=1S/C14H21N3O/c1-15-13-6-4-12(5-7-13)14(18)16-8-11-17-9-2-3-10-17/h4-7,15H,2-3,8-11H2,1H3,(H,16,18). The third kappa shape index (κ3) is 3.47. The van der Waals surface area contributed by atoms with Crippen molar-refractivity contribution in [2.24, 2.45) is 0 Å². The molecule has 1 aromatic rings. The van der Waals surface area contributed by atoms with Gasteiger partial charge in [-0.2, -0.15) is 0 Å². The van der Waals surface area contributed by atoms with E-state index in [4.69, 9.17) is 0 Å². The molecule has 0 saturated carbocycles. The number of nitrogens with one attached hydrogen (secondary N) is 2. The Morgan fingerprint density at radius 1 is 1.22 bits per heavy atom. The van der Waals surface area contributed by atoms with Gasteiger partial charge in [0.15, 0.2) is 0 Å². The minimum Gasteiger partial charge on any atom is -0.388 e. The Hall–Kier alpha value is -1.55. The van der Waals surface area contributed by atoms with E-state index in [1.807, 2.05) is 31.3 Å². The van der Waals surface area contributed by atoms with Crippen LogP contribution in [0, 0.1) is 0 Å². The highest BCUT2D eigenvalue weighted by molar-refractivity contribution is 5.94. The Bertz CT molecular complexity index is 383. The molecular formula is C14H21N3O. The summed E-state index contributed by atoms with van der Waals surface area (Å²) in [5, 5.41) is 6.00. The lowest BCUT2D eigenvalue weighted by Gasteiger charge is -2.14. The fraction of sp³-hybridized carbons (Fsp3) is 0.500. The van der Waals surface area contributed by atoms with Gasteiger partial charge < -0.3 is 15.5 Å². The number of likely N-dealkylation sites (tertiary alicyclic amines) is 1. The lowest BCUT2D eigenvalue weighted by atomic mass is 10.2. The second-order valence-electron chi connectivity index (χ2n) is 4.63. The van der Waals surface area contributed by atoms with Crippen LogP contribution in [0.2, 0.25) is 0 Å². The van der Waals surface area contributed by atoms with Crippen molar-refractivity contribution in [1.29, 1.82) is 0 Å². The third-order valence-electron chi connectivity index (χ3n) is 3.35. The number of benzene rings is 1. The van der Waals surface area contributed by atoms with Gasteiger partial charge in [0.2, 0.25) is 0 Å². The minimum absolute atomic E-state index is 0.0110. The molecule has 0 atom stereocenters. The monoisotopic (exact) mass is 247 g/mol. The number of rotatable bonds is 5. The first-order chi connectivity index (χ1) is 8.79. The van der Waals surface area contributed by atoms with Gasteiger partial charge in [0.1, 0.15) is 0 Å². The van der Waals surface area contributed by atoms with Gasteiger partial charge in [0.05, 0.1) is 0 Å².